The lowest BCUT2D eigenvalue weighted by Gasteiger charge is -2.16. The van der Waals surface area contributed by atoms with Crippen LogP contribution in [0.2, 0.25) is 0 Å². The van der Waals surface area contributed by atoms with Crippen molar-refractivity contribution in [2.24, 2.45) is 5.41 Å². The molecule has 1 rings (SSSR count). The third-order valence-electron chi connectivity index (χ3n) is 2.47. The minimum atomic E-state index is -0.285. The van der Waals surface area contributed by atoms with Crippen molar-refractivity contribution in [3.8, 4) is 0 Å². The predicted octanol–water partition coefficient (Wildman–Crippen LogP) is 1.06. The van der Waals surface area contributed by atoms with Gasteiger partial charge in [0.1, 0.15) is 0 Å². The first-order valence-electron chi connectivity index (χ1n) is 4.46. The number of carbonyl (C=O) groups excluding carboxylic acids is 1. The molecule has 1 amide bonds. The highest BCUT2D eigenvalue weighted by atomic mass is 16.5. The molecule has 13 heavy (non-hydrogen) atoms. The van der Waals surface area contributed by atoms with Crippen molar-refractivity contribution in [1.29, 1.82) is 0 Å². The zero-order chi connectivity index (χ0) is 10.1. The summed E-state index contributed by atoms with van der Waals surface area (Å²) in [6, 6.07) is 0. The van der Waals surface area contributed by atoms with Crippen molar-refractivity contribution in [3.63, 3.8) is 0 Å². The average molecular weight is 183 g/mol. The second-order valence-electron chi connectivity index (χ2n) is 3.93. The summed E-state index contributed by atoms with van der Waals surface area (Å²) in [6.45, 7) is 6.04. The molecule has 0 aromatic rings. The summed E-state index contributed by atoms with van der Waals surface area (Å²) in [5, 5.41) is 0. The molecule has 0 heterocycles. The average Bonchev–Trinajstić information content (AvgIpc) is 2.73. The van der Waals surface area contributed by atoms with Crippen molar-refractivity contribution in [3.05, 3.63) is 12.7 Å². The molecular formula is C10H17NO2. The van der Waals surface area contributed by atoms with Gasteiger partial charge < -0.3 is 9.64 Å². The minimum absolute atomic E-state index is 0.0837. The van der Waals surface area contributed by atoms with Crippen LogP contribution in [0, 0.1) is 5.41 Å². The van der Waals surface area contributed by atoms with Crippen molar-refractivity contribution in [2.75, 3.05) is 20.7 Å². The summed E-state index contributed by atoms with van der Waals surface area (Å²) in [6.07, 6.45) is 2.62. The number of nitrogens with zero attached hydrogens (tertiary/aromatic N) is 1. The van der Waals surface area contributed by atoms with Gasteiger partial charge in [0, 0.05) is 14.1 Å². The van der Waals surface area contributed by atoms with E-state index in [2.05, 4.69) is 6.58 Å². The molecule has 0 radical (unpaired) electrons. The van der Waals surface area contributed by atoms with E-state index in [-0.39, 0.29) is 17.4 Å². The first kappa shape index (κ1) is 10.3. The van der Waals surface area contributed by atoms with Crippen LogP contribution in [0.1, 0.15) is 13.3 Å². The monoisotopic (exact) mass is 183 g/mol. The number of rotatable bonds is 4. The van der Waals surface area contributed by atoms with E-state index in [1.54, 1.807) is 25.1 Å². The first-order chi connectivity index (χ1) is 6.02. The third kappa shape index (κ3) is 1.91. The van der Waals surface area contributed by atoms with Crippen molar-refractivity contribution in [2.45, 2.75) is 19.4 Å². The van der Waals surface area contributed by atoms with Gasteiger partial charge in [0.2, 0.25) is 5.91 Å². The molecule has 0 aromatic carbocycles. The molecule has 2 atom stereocenters. The summed E-state index contributed by atoms with van der Waals surface area (Å²) in [5.41, 5.74) is -0.285. The standard InChI is InChI=1S/C10H17NO2/c1-5-6-13-8-7-10(8,2)9(12)11(3)4/h5,8H,1,6-7H2,2-4H3/t8-,10+/m1/s1. The van der Waals surface area contributed by atoms with Crippen molar-refractivity contribution < 1.29 is 9.53 Å². The molecule has 74 valence electrons. The van der Waals surface area contributed by atoms with Crippen LogP contribution in [-0.2, 0) is 9.53 Å². The lowest BCUT2D eigenvalue weighted by atomic mass is 10.1. The van der Waals surface area contributed by atoms with Crippen LogP contribution >= 0.6 is 0 Å². The van der Waals surface area contributed by atoms with Gasteiger partial charge in [0.05, 0.1) is 18.1 Å². The Bertz CT molecular complexity index is 225. The topological polar surface area (TPSA) is 29.5 Å². The molecule has 0 aliphatic heterocycles. The summed E-state index contributed by atoms with van der Waals surface area (Å²) in [5.74, 6) is 0.154. The summed E-state index contributed by atoms with van der Waals surface area (Å²) in [7, 11) is 3.55. The maximum atomic E-state index is 11.6. The van der Waals surface area contributed by atoms with Gasteiger partial charge in [-0.15, -0.1) is 6.58 Å². The minimum Gasteiger partial charge on any atom is -0.373 e. The molecule has 0 bridgehead atoms. The molecule has 1 fully saturated rings. The SMILES string of the molecule is C=CCO[C@@H]1C[C@]1(C)C(=O)N(C)C. The normalized spacial score (nSPS) is 31.2. The fourth-order valence-electron chi connectivity index (χ4n) is 1.49. The smallest absolute Gasteiger partial charge is 0.230 e. The Morgan fingerprint density at radius 3 is 2.85 bits per heavy atom. The highest BCUT2D eigenvalue weighted by molar-refractivity contribution is 5.85. The molecule has 1 aliphatic carbocycles. The van der Waals surface area contributed by atoms with Crippen molar-refractivity contribution in [1.82, 2.24) is 4.90 Å². The van der Waals surface area contributed by atoms with E-state index in [0.29, 0.717) is 6.61 Å². The number of hydrogen-bond donors (Lipinski definition) is 0. The summed E-state index contributed by atoms with van der Waals surface area (Å²) < 4.78 is 5.42. The molecule has 0 N–H and O–H groups in total. The molecule has 3 heteroatoms. The highest BCUT2D eigenvalue weighted by Crippen LogP contribution is 2.48. The molecule has 3 nitrogen and oxygen atoms in total. The van der Waals surface area contributed by atoms with E-state index in [9.17, 15) is 4.79 Å². The Morgan fingerprint density at radius 1 is 1.77 bits per heavy atom. The Kier molecular flexibility index (Phi) is 2.76. The van der Waals surface area contributed by atoms with Crippen molar-refractivity contribution >= 4 is 5.91 Å². The molecule has 0 aromatic heterocycles. The Labute approximate surface area is 79.4 Å². The van der Waals surface area contributed by atoms with Gasteiger partial charge in [-0.3, -0.25) is 4.79 Å². The Balaban J connectivity index is 2.44. The van der Waals surface area contributed by atoms with E-state index < -0.39 is 0 Å². The van der Waals surface area contributed by atoms with Gasteiger partial charge in [0.25, 0.3) is 0 Å². The molecule has 0 spiro atoms. The van der Waals surface area contributed by atoms with E-state index >= 15 is 0 Å². The maximum Gasteiger partial charge on any atom is 0.230 e. The Hall–Kier alpha value is -0.830. The number of ether oxygens (including phenoxy) is 1. The molecule has 0 saturated heterocycles. The number of amides is 1. The second-order valence-corrected chi connectivity index (χ2v) is 3.93. The second kappa shape index (κ2) is 3.50. The predicted molar refractivity (Wildman–Crippen MR) is 51.4 cm³/mol. The van der Waals surface area contributed by atoms with Crippen LogP contribution < -0.4 is 0 Å². The van der Waals surface area contributed by atoms with Gasteiger partial charge in [-0.05, 0) is 13.3 Å². The van der Waals surface area contributed by atoms with Crippen LogP contribution in [0.15, 0.2) is 12.7 Å². The lowest BCUT2D eigenvalue weighted by molar-refractivity contribution is -0.135. The van der Waals surface area contributed by atoms with Gasteiger partial charge in [-0.25, -0.2) is 0 Å². The van der Waals surface area contributed by atoms with E-state index in [4.69, 9.17) is 4.74 Å². The molecule has 0 unspecified atom stereocenters. The van der Waals surface area contributed by atoms with Crippen LogP contribution in [0.3, 0.4) is 0 Å². The first-order valence-corrected chi connectivity index (χ1v) is 4.46. The zero-order valence-corrected chi connectivity index (χ0v) is 8.54. The van der Waals surface area contributed by atoms with E-state index in [1.165, 1.54) is 0 Å². The van der Waals surface area contributed by atoms with E-state index in [1.807, 2.05) is 6.92 Å². The number of carbonyl (C=O) groups is 1. The fourth-order valence-corrected chi connectivity index (χ4v) is 1.49. The van der Waals surface area contributed by atoms with Gasteiger partial charge in [-0.1, -0.05) is 6.08 Å². The lowest BCUT2D eigenvalue weighted by Crippen LogP contribution is -2.31. The summed E-state index contributed by atoms with van der Waals surface area (Å²) in [4.78, 5) is 13.2. The molecular weight excluding hydrogens is 166 g/mol. The van der Waals surface area contributed by atoms with Crippen LogP contribution in [0.25, 0.3) is 0 Å². The number of hydrogen-bond acceptors (Lipinski definition) is 2. The van der Waals surface area contributed by atoms with Gasteiger partial charge in [-0.2, -0.15) is 0 Å². The van der Waals surface area contributed by atoms with Crippen LogP contribution in [0.5, 0.6) is 0 Å². The highest BCUT2D eigenvalue weighted by Gasteiger charge is 2.57. The maximum absolute atomic E-state index is 11.6. The largest absolute Gasteiger partial charge is 0.373 e. The van der Waals surface area contributed by atoms with E-state index in [0.717, 1.165) is 6.42 Å². The molecule has 1 saturated carbocycles. The van der Waals surface area contributed by atoms with Crippen LogP contribution in [0.4, 0.5) is 0 Å². The zero-order valence-electron chi connectivity index (χ0n) is 8.54. The van der Waals surface area contributed by atoms with Gasteiger partial charge >= 0.3 is 0 Å². The fraction of sp³-hybridized carbons (Fsp3) is 0.700. The quantitative estimate of drug-likeness (QED) is 0.610. The third-order valence-corrected chi connectivity index (χ3v) is 2.47. The molecule has 1 aliphatic rings. The van der Waals surface area contributed by atoms with Gasteiger partial charge in [0.15, 0.2) is 0 Å². The summed E-state index contributed by atoms with van der Waals surface area (Å²) >= 11 is 0. The Morgan fingerprint density at radius 2 is 2.38 bits per heavy atom. The van der Waals surface area contributed by atoms with Crippen LogP contribution in [-0.4, -0.2) is 37.6 Å².